The van der Waals surface area contributed by atoms with Crippen molar-refractivity contribution in [2.75, 3.05) is 0 Å². The first-order valence-electron chi connectivity index (χ1n) is 1.98. The summed E-state index contributed by atoms with van der Waals surface area (Å²) < 4.78 is 27.0. The Morgan fingerprint density at radius 3 is 2.38 bits per heavy atom. The summed E-state index contributed by atoms with van der Waals surface area (Å²) >= 11 is -0.331. The standard InChI is InChI=1S/C5H3F2I/c6-4-1-2-8-3-5(4)7/h1-3H. The molecule has 0 bridgehead atoms. The van der Waals surface area contributed by atoms with Crippen molar-refractivity contribution >= 4 is 24.7 Å². The Morgan fingerprint density at radius 2 is 2.00 bits per heavy atom. The Balaban J connectivity index is 2.97. The molecule has 3 heteroatoms. The van der Waals surface area contributed by atoms with E-state index in [1.54, 1.807) is 4.08 Å². The van der Waals surface area contributed by atoms with E-state index in [0.717, 1.165) is 0 Å². The minimum absolute atomic E-state index is 0.331. The van der Waals surface area contributed by atoms with Gasteiger partial charge < -0.3 is 0 Å². The Labute approximate surface area is 55.6 Å². The normalized spacial score (nSPS) is 18.8. The summed E-state index contributed by atoms with van der Waals surface area (Å²) in [4.78, 5) is 0. The van der Waals surface area contributed by atoms with Crippen LogP contribution in [0, 0.1) is 0 Å². The van der Waals surface area contributed by atoms with Gasteiger partial charge in [-0.3, -0.25) is 0 Å². The van der Waals surface area contributed by atoms with Gasteiger partial charge in [0.05, 0.1) is 0 Å². The first-order chi connectivity index (χ1) is 3.80. The lowest BCUT2D eigenvalue weighted by molar-refractivity contribution is 0.587. The molecule has 1 aliphatic rings. The van der Waals surface area contributed by atoms with E-state index >= 15 is 0 Å². The van der Waals surface area contributed by atoms with Gasteiger partial charge in [-0.25, -0.2) is 8.78 Å². The van der Waals surface area contributed by atoms with Crippen molar-refractivity contribution in [3.05, 3.63) is 21.8 Å². The van der Waals surface area contributed by atoms with E-state index in [-0.39, 0.29) is 20.7 Å². The molecule has 0 aliphatic carbocycles. The van der Waals surface area contributed by atoms with Crippen LogP contribution in [0.3, 0.4) is 0 Å². The summed E-state index contributed by atoms with van der Waals surface area (Å²) in [6.45, 7) is 0. The van der Waals surface area contributed by atoms with Crippen LogP contribution < -0.4 is 0 Å². The summed E-state index contributed by atoms with van der Waals surface area (Å²) in [7, 11) is 0. The quantitative estimate of drug-likeness (QED) is 0.558. The molecule has 0 saturated carbocycles. The monoisotopic (exact) mass is 228 g/mol. The summed E-state index contributed by atoms with van der Waals surface area (Å²) in [6, 6.07) is 0. The first kappa shape index (κ1) is 6.07. The van der Waals surface area contributed by atoms with Crippen molar-refractivity contribution in [3.8, 4) is 0 Å². The minimum atomic E-state index is -0.740. The van der Waals surface area contributed by atoms with Gasteiger partial charge in [0.2, 0.25) is 0 Å². The van der Waals surface area contributed by atoms with Gasteiger partial charge in [-0.2, -0.15) is 0 Å². The van der Waals surface area contributed by atoms with Crippen LogP contribution in [0.5, 0.6) is 0 Å². The molecule has 0 aromatic rings. The Morgan fingerprint density at radius 1 is 1.25 bits per heavy atom. The fourth-order valence-electron chi connectivity index (χ4n) is 0.315. The average Bonchev–Trinajstić information content (AvgIpc) is 1.77. The van der Waals surface area contributed by atoms with Crippen molar-refractivity contribution in [1.82, 2.24) is 0 Å². The molecule has 0 saturated heterocycles. The third kappa shape index (κ3) is 1.21. The van der Waals surface area contributed by atoms with E-state index in [0.29, 0.717) is 0 Å². The Bertz CT molecular complexity index is 159. The van der Waals surface area contributed by atoms with Crippen LogP contribution in [0.25, 0.3) is 0 Å². The van der Waals surface area contributed by atoms with E-state index in [2.05, 4.69) is 0 Å². The zero-order valence-corrected chi connectivity index (χ0v) is 6.02. The van der Waals surface area contributed by atoms with Crippen LogP contribution in [0.15, 0.2) is 21.8 Å². The average molecular weight is 228 g/mol. The van der Waals surface area contributed by atoms with Crippen LogP contribution in [-0.2, 0) is 0 Å². The van der Waals surface area contributed by atoms with Crippen LogP contribution in [0.1, 0.15) is 0 Å². The van der Waals surface area contributed by atoms with Crippen molar-refractivity contribution in [3.63, 3.8) is 0 Å². The predicted molar refractivity (Wildman–Crippen MR) is 38.5 cm³/mol. The molecule has 0 aromatic carbocycles. The molecule has 0 atom stereocenters. The highest BCUT2D eigenvalue weighted by atomic mass is 127. The fourth-order valence-corrected chi connectivity index (χ4v) is 1.66. The number of allylic oxidation sites excluding steroid dienone is 3. The van der Waals surface area contributed by atoms with E-state index in [1.807, 2.05) is 0 Å². The van der Waals surface area contributed by atoms with E-state index in [4.69, 9.17) is 0 Å². The van der Waals surface area contributed by atoms with Crippen LogP contribution in [0.2, 0.25) is 0 Å². The number of hydrogen-bond acceptors (Lipinski definition) is 0. The summed E-state index contributed by atoms with van der Waals surface area (Å²) in [5.74, 6) is -1.43. The second-order valence-corrected chi connectivity index (χ2v) is 3.28. The maximum absolute atomic E-state index is 12.0. The van der Waals surface area contributed by atoms with Crippen LogP contribution in [0.4, 0.5) is 8.78 Å². The Hall–Kier alpha value is -0.0600. The SMILES string of the molecule is FC1=C(F)C=IC=C1. The Kier molecular flexibility index (Phi) is 1.88. The first-order valence-corrected chi connectivity index (χ1v) is 4.47. The summed E-state index contributed by atoms with van der Waals surface area (Å²) in [6.07, 6.45) is 1.18. The smallest absolute Gasteiger partial charge is 0.164 e. The second kappa shape index (κ2) is 2.48. The predicted octanol–water partition coefficient (Wildman–Crippen LogP) is 2.44. The maximum Gasteiger partial charge on any atom is 0.164 e. The largest absolute Gasteiger partial charge is 0.204 e. The van der Waals surface area contributed by atoms with Crippen molar-refractivity contribution < 1.29 is 8.78 Å². The molecule has 0 nitrogen and oxygen atoms in total. The molecule has 1 rings (SSSR count). The number of halogens is 3. The van der Waals surface area contributed by atoms with Gasteiger partial charge in [0.1, 0.15) is 0 Å². The van der Waals surface area contributed by atoms with E-state index in [1.165, 1.54) is 10.1 Å². The molecule has 1 heterocycles. The molecule has 0 aromatic heterocycles. The van der Waals surface area contributed by atoms with Crippen LogP contribution in [-0.4, -0.2) is 4.01 Å². The molecule has 0 radical (unpaired) electrons. The van der Waals surface area contributed by atoms with Gasteiger partial charge in [0.25, 0.3) is 0 Å². The molecular formula is C5H3F2I. The van der Waals surface area contributed by atoms with E-state index < -0.39 is 11.7 Å². The molecule has 0 fully saturated rings. The zero-order chi connectivity index (χ0) is 5.98. The minimum Gasteiger partial charge on any atom is -0.204 e. The number of hydrogen-bond donors (Lipinski definition) is 0. The second-order valence-electron chi connectivity index (χ2n) is 1.22. The van der Waals surface area contributed by atoms with Crippen molar-refractivity contribution in [2.24, 2.45) is 0 Å². The molecule has 44 valence electrons. The topological polar surface area (TPSA) is 0 Å². The number of rotatable bonds is 0. The summed E-state index contributed by atoms with van der Waals surface area (Å²) in [5.41, 5.74) is 0. The lowest BCUT2D eigenvalue weighted by Crippen LogP contribution is -1.78. The van der Waals surface area contributed by atoms with Gasteiger partial charge in [-0.1, -0.05) is 20.7 Å². The third-order valence-corrected chi connectivity index (χ3v) is 2.35. The van der Waals surface area contributed by atoms with Gasteiger partial charge >= 0.3 is 0 Å². The van der Waals surface area contributed by atoms with Gasteiger partial charge in [0.15, 0.2) is 11.7 Å². The molecule has 8 heavy (non-hydrogen) atoms. The molecule has 0 N–H and O–H groups in total. The molecule has 0 unspecified atom stereocenters. The van der Waals surface area contributed by atoms with Crippen LogP contribution >= 0.6 is 20.7 Å². The molecule has 0 amide bonds. The molecular weight excluding hydrogens is 225 g/mol. The lowest BCUT2D eigenvalue weighted by atomic mass is 10.5. The van der Waals surface area contributed by atoms with E-state index in [9.17, 15) is 8.78 Å². The highest BCUT2D eigenvalue weighted by molar-refractivity contribution is 14.2. The molecule has 0 spiro atoms. The van der Waals surface area contributed by atoms with Gasteiger partial charge in [0, 0.05) is 4.01 Å². The van der Waals surface area contributed by atoms with Gasteiger partial charge in [-0.15, -0.1) is 0 Å². The zero-order valence-electron chi connectivity index (χ0n) is 3.87. The van der Waals surface area contributed by atoms with Gasteiger partial charge in [-0.05, 0) is 10.2 Å². The van der Waals surface area contributed by atoms with Crippen molar-refractivity contribution in [1.29, 1.82) is 0 Å². The maximum atomic E-state index is 12.0. The highest BCUT2D eigenvalue weighted by Gasteiger charge is 1.99. The highest BCUT2D eigenvalue weighted by Crippen LogP contribution is 2.17. The third-order valence-electron chi connectivity index (χ3n) is 0.669. The summed E-state index contributed by atoms with van der Waals surface area (Å²) in [5, 5.41) is 0. The fraction of sp³-hybridized carbons (Fsp3) is 0. The molecule has 1 aliphatic heterocycles. The van der Waals surface area contributed by atoms with Crippen molar-refractivity contribution in [2.45, 2.75) is 0 Å². The lowest BCUT2D eigenvalue weighted by Gasteiger charge is -1.90.